The highest BCUT2D eigenvalue weighted by Crippen LogP contribution is 2.17. The number of nitrogens with zero attached hydrogens (tertiary/aromatic N) is 2. The molecule has 0 amide bonds. The lowest BCUT2D eigenvalue weighted by atomic mass is 10.1. The summed E-state index contributed by atoms with van der Waals surface area (Å²) >= 11 is 0. The van der Waals surface area contributed by atoms with E-state index in [1.165, 1.54) is 0 Å². The van der Waals surface area contributed by atoms with Crippen LogP contribution in [0, 0.1) is 6.92 Å². The van der Waals surface area contributed by atoms with Gasteiger partial charge in [-0.05, 0) is 31.5 Å². The van der Waals surface area contributed by atoms with Crippen molar-refractivity contribution in [2.24, 2.45) is 0 Å². The summed E-state index contributed by atoms with van der Waals surface area (Å²) in [7, 11) is 0. The molecular weight excluding hydrogens is 226 g/mol. The second-order valence-electron chi connectivity index (χ2n) is 4.46. The predicted octanol–water partition coefficient (Wildman–Crippen LogP) is 2.08. The van der Waals surface area contributed by atoms with E-state index >= 15 is 0 Å². The van der Waals surface area contributed by atoms with Crippen LogP contribution in [0.4, 0.5) is 0 Å². The molecule has 2 rings (SSSR count). The van der Waals surface area contributed by atoms with Gasteiger partial charge >= 0.3 is 0 Å². The van der Waals surface area contributed by atoms with Gasteiger partial charge in [0.1, 0.15) is 5.75 Å². The third kappa shape index (κ3) is 3.60. The van der Waals surface area contributed by atoms with Crippen molar-refractivity contribution in [3.05, 3.63) is 48.0 Å². The molecule has 1 aromatic heterocycles. The summed E-state index contributed by atoms with van der Waals surface area (Å²) in [6.45, 7) is 4.57. The highest BCUT2D eigenvalue weighted by Gasteiger charge is 2.00. The van der Waals surface area contributed by atoms with E-state index in [9.17, 15) is 5.11 Å². The smallest absolute Gasteiger partial charge is 0.120 e. The highest BCUT2D eigenvalue weighted by molar-refractivity contribution is 5.35. The minimum absolute atomic E-state index is 0.372. The zero-order valence-corrected chi connectivity index (χ0v) is 10.6. The van der Waals surface area contributed by atoms with E-state index in [1.54, 1.807) is 12.3 Å². The van der Waals surface area contributed by atoms with Crippen molar-refractivity contribution in [1.82, 2.24) is 14.9 Å². The monoisotopic (exact) mass is 245 g/mol. The first-order chi connectivity index (χ1) is 8.75. The Bertz CT molecular complexity index is 480. The average Bonchev–Trinajstić information content (AvgIpc) is 2.84. The molecule has 0 fully saturated rings. The molecule has 0 bridgehead atoms. The SMILES string of the molecule is Cc1ccc(CNCCCn2ccnc2)c(O)c1. The maximum atomic E-state index is 9.75. The Morgan fingerprint density at radius 1 is 1.39 bits per heavy atom. The lowest BCUT2D eigenvalue weighted by Gasteiger charge is -2.08. The summed E-state index contributed by atoms with van der Waals surface area (Å²) in [4.78, 5) is 4.00. The van der Waals surface area contributed by atoms with Crippen LogP contribution in [0.5, 0.6) is 5.75 Å². The molecule has 96 valence electrons. The number of phenolic OH excluding ortho intramolecular Hbond substituents is 1. The van der Waals surface area contributed by atoms with Gasteiger partial charge in [-0.25, -0.2) is 4.98 Å². The fraction of sp³-hybridized carbons (Fsp3) is 0.357. The number of aromatic hydroxyl groups is 1. The van der Waals surface area contributed by atoms with Crippen LogP contribution in [0.1, 0.15) is 17.5 Å². The van der Waals surface area contributed by atoms with Gasteiger partial charge in [-0.15, -0.1) is 0 Å². The molecule has 2 N–H and O–H groups in total. The summed E-state index contributed by atoms with van der Waals surface area (Å²) < 4.78 is 2.06. The molecule has 0 radical (unpaired) electrons. The minimum Gasteiger partial charge on any atom is -0.508 e. The van der Waals surface area contributed by atoms with Crippen molar-refractivity contribution in [1.29, 1.82) is 0 Å². The third-order valence-corrected chi connectivity index (χ3v) is 2.89. The molecular formula is C14H19N3O. The Morgan fingerprint density at radius 3 is 3.00 bits per heavy atom. The summed E-state index contributed by atoms with van der Waals surface area (Å²) in [6.07, 6.45) is 6.62. The molecule has 18 heavy (non-hydrogen) atoms. The topological polar surface area (TPSA) is 50.1 Å². The first-order valence-corrected chi connectivity index (χ1v) is 6.20. The largest absolute Gasteiger partial charge is 0.508 e. The van der Waals surface area contributed by atoms with Gasteiger partial charge in [-0.3, -0.25) is 0 Å². The number of hydrogen-bond donors (Lipinski definition) is 2. The van der Waals surface area contributed by atoms with Crippen LogP contribution in [0.2, 0.25) is 0 Å². The van der Waals surface area contributed by atoms with Gasteiger partial charge in [0.05, 0.1) is 6.33 Å². The van der Waals surface area contributed by atoms with Crippen LogP contribution in [0.25, 0.3) is 0 Å². The van der Waals surface area contributed by atoms with Gasteiger partial charge in [0.25, 0.3) is 0 Å². The zero-order valence-electron chi connectivity index (χ0n) is 10.6. The molecule has 0 spiro atoms. The average molecular weight is 245 g/mol. The Balaban J connectivity index is 1.69. The Labute approximate surface area is 107 Å². The number of rotatable bonds is 6. The highest BCUT2D eigenvalue weighted by atomic mass is 16.3. The maximum absolute atomic E-state index is 9.75. The maximum Gasteiger partial charge on any atom is 0.120 e. The second-order valence-corrected chi connectivity index (χ2v) is 4.46. The van der Waals surface area contributed by atoms with Crippen molar-refractivity contribution in [3.8, 4) is 5.75 Å². The summed E-state index contributed by atoms with van der Waals surface area (Å²) in [5, 5.41) is 13.1. The van der Waals surface area contributed by atoms with Gasteiger partial charge in [0.15, 0.2) is 0 Å². The summed E-state index contributed by atoms with van der Waals surface area (Å²) in [5.74, 6) is 0.372. The van der Waals surface area contributed by atoms with Crippen molar-refractivity contribution in [2.75, 3.05) is 6.54 Å². The molecule has 0 atom stereocenters. The van der Waals surface area contributed by atoms with Crippen LogP contribution in [0.3, 0.4) is 0 Å². The van der Waals surface area contributed by atoms with Crippen LogP contribution >= 0.6 is 0 Å². The van der Waals surface area contributed by atoms with E-state index in [2.05, 4.69) is 14.9 Å². The molecule has 4 nitrogen and oxygen atoms in total. The van der Waals surface area contributed by atoms with E-state index in [1.807, 2.05) is 31.6 Å². The standard InChI is InChI=1S/C14H19N3O/c1-12-3-4-13(14(18)9-12)10-15-5-2-7-17-8-6-16-11-17/h3-4,6,8-9,11,15,18H,2,5,7,10H2,1H3. The van der Waals surface area contributed by atoms with Crippen LogP contribution < -0.4 is 5.32 Å². The zero-order chi connectivity index (χ0) is 12.8. The number of hydrogen-bond acceptors (Lipinski definition) is 3. The number of phenols is 1. The first kappa shape index (κ1) is 12.6. The molecule has 0 aliphatic rings. The summed E-state index contributed by atoms with van der Waals surface area (Å²) in [6, 6.07) is 5.78. The van der Waals surface area contributed by atoms with Crippen molar-refractivity contribution in [2.45, 2.75) is 26.4 Å². The van der Waals surface area contributed by atoms with Crippen molar-refractivity contribution >= 4 is 0 Å². The van der Waals surface area contributed by atoms with E-state index in [-0.39, 0.29) is 0 Å². The van der Waals surface area contributed by atoms with Crippen LogP contribution in [-0.4, -0.2) is 21.2 Å². The number of aromatic nitrogens is 2. The van der Waals surface area contributed by atoms with Gasteiger partial charge < -0.3 is 15.0 Å². The molecule has 1 heterocycles. The van der Waals surface area contributed by atoms with Crippen LogP contribution in [0.15, 0.2) is 36.9 Å². The number of nitrogens with one attached hydrogen (secondary N) is 1. The third-order valence-electron chi connectivity index (χ3n) is 2.89. The van der Waals surface area contributed by atoms with E-state index in [4.69, 9.17) is 0 Å². The van der Waals surface area contributed by atoms with Gasteiger partial charge in [0, 0.05) is 31.0 Å². The second kappa shape index (κ2) is 6.21. The number of imidazole rings is 1. The van der Waals surface area contributed by atoms with Crippen molar-refractivity contribution in [3.63, 3.8) is 0 Å². The lowest BCUT2D eigenvalue weighted by Crippen LogP contribution is -2.16. The molecule has 2 aromatic rings. The molecule has 0 aliphatic heterocycles. The quantitative estimate of drug-likeness (QED) is 0.766. The van der Waals surface area contributed by atoms with Crippen LogP contribution in [-0.2, 0) is 13.1 Å². The predicted molar refractivity (Wildman–Crippen MR) is 71.4 cm³/mol. The Kier molecular flexibility index (Phi) is 4.36. The van der Waals surface area contributed by atoms with Crippen molar-refractivity contribution < 1.29 is 5.11 Å². The lowest BCUT2D eigenvalue weighted by molar-refractivity contribution is 0.463. The number of aryl methyl sites for hydroxylation is 2. The molecule has 0 saturated heterocycles. The van der Waals surface area contributed by atoms with Gasteiger partial charge in [0.2, 0.25) is 0 Å². The molecule has 0 aliphatic carbocycles. The van der Waals surface area contributed by atoms with E-state index in [0.717, 1.165) is 30.6 Å². The van der Waals surface area contributed by atoms with Gasteiger partial charge in [-0.1, -0.05) is 12.1 Å². The molecule has 1 aromatic carbocycles. The Hall–Kier alpha value is -1.81. The molecule has 0 unspecified atom stereocenters. The van der Waals surface area contributed by atoms with Gasteiger partial charge in [-0.2, -0.15) is 0 Å². The summed E-state index contributed by atoms with van der Waals surface area (Å²) in [5.41, 5.74) is 2.03. The normalized spacial score (nSPS) is 10.7. The van der Waals surface area contributed by atoms with E-state index < -0.39 is 0 Å². The molecule has 0 saturated carbocycles. The first-order valence-electron chi connectivity index (χ1n) is 6.20. The fourth-order valence-corrected chi connectivity index (χ4v) is 1.85. The fourth-order valence-electron chi connectivity index (χ4n) is 1.85. The number of benzene rings is 1. The van der Waals surface area contributed by atoms with E-state index in [0.29, 0.717) is 12.3 Å². The Morgan fingerprint density at radius 2 is 2.28 bits per heavy atom. The minimum atomic E-state index is 0.372. The molecule has 4 heteroatoms.